The summed E-state index contributed by atoms with van der Waals surface area (Å²) in [6.45, 7) is 1.73. The molecule has 150 valence electrons. The van der Waals surface area contributed by atoms with Gasteiger partial charge in [0.15, 0.2) is 16.6 Å². The van der Waals surface area contributed by atoms with E-state index >= 15 is 0 Å². The number of thiophene rings is 1. The Bertz CT molecular complexity index is 1410. The van der Waals surface area contributed by atoms with Gasteiger partial charge in [0.2, 0.25) is 11.7 Å². The first kappa shape index (κ1) is 18.9. The molecule has 0 aliphatic carbocycles. The van der Waals surface area contributed by atoms with Gasteiger partial charge >= 0.3 is 0 Å². The Balaban J connectivity index is 1.81. The number of hydrogen-bond donors (Lipinski definition) is 2. The van der Waals surface area contributed by atoms with Crippen LogP contribution in [0.3, 0.4) is 0 Å². The van der Waals surface area contributed by atoms with Crippen LogP contribution in [0.15, 0.2) is 51.6 Å². The lowest BCUT2D eigenvalue weighted by atomic mass is 10.1. The lowest BCUT2D eigenvalue weighted by Crippen LogP contribution is -2.03. The van der Waals surface area contributed by atoms with Gasteiger partial charge in [-0.15, -0.1) is 0 Å². The first-order chi connectivity index (χ1) is 14.5. The molecule has 0 saturated carbocycles. The van der Waals surface area contributed by atoms with Gasteiger partial charge in [-0.1, -0.05) is 29.0 Å². The normalized spacial score (nSPS) is 11.4. The number of benzene rings is 1. The summed E-state index contributed by atoms with van der Waals surface area (Å²) in [5, 5.41) is 26.1. The highest BCUT2D eigenvalue weighted by atomic mass is 35.5. The summed E-state index contributed by atoms with van der Waals surface area (Å²) in [7, 11) is 0. The molecule has 0 atom stereocenters. The fourth-order valence-corrected chi connectivity index (χ4v) is 5.22. The molecule has 0 amide bonds. The van der Waals surface area contributed by atoms with Crippen LogP contribution in [0.5, 0.6) is 11.6 Å². The molecule has 0 saturated heterocycles. The van der Waals surface area contributed by atoms with Gasteiger partial charge in [0.05, 0.1) is 21.0 Å². The Morgan fingerprint density at radius 3 is 2.70 bits per heavy atom. The number of aromatic nitrogens is 2. The first-order valence-electron chi connectivity index (χ1n) is 8.81. The predicted molar refractivity (Wildman–Crippen MR) is 117 cm³/mol. The average molecular weight is 457 g/mol. The van der Waals surface area contributed by atoms with E-state index in [9.17, 15) is 15.0 Å². The SMILES string of the molecule is Cc1ccc(C(=O)c2c(O)c(O)n(-c3nc4c(Cl)cccc4s3)c2-c2ccsc2)o1. The maximum absolute atomic E-state index is 13.2. The minimum atomic E-state index is -0.532. The number of rotatable bonds is 4. The van der Waals surface area contributed by atoms with E-state index in [1.807, 2.05) is 22.9 Å². The quantitative estimate of drug-likeness (QED) is 0.323. The minimum Gasteiger partial charge on any atom is -0.503 e. The third kappa shape index (κ3) is 2.84. The largest absolute Gasteiger partial charge is 0.503 e. The fourth-order valence-electron chi connectivity index (χ4n) is 3.30. The van der Waals surface area contributed by atoms with Crippen LogP contribution in [0.1, 0.15) is 21.9 Å². The summed E-state index contributed by atoms with van der Waals surface area (Å²) in [4.78, 5) is 17.8. The van der Waals surface area contributed by atoms with Crippen LogP contribution in [0.2, 0.25) is 5.02 Å². The molecule has 4 heterocycles. The van der Waals surface area contributed by atoms with Crippen LogP contribution in [-0.4, -0.2) is 25.5 Å². The minimum absolute atomic E-state index is 0.0504. The monoisotopic (exact) mass is 456 g/mol. The molecule has 5 rings (SSSR count). The number of aryl methyl sites for hydroxylation is 1. The van der Waals surface area contributed by atoms with Gasteiger partial charge in [0, 0.05) is 10.9 Å². The molecule has 0 unspecified atom stereocenters. The Hall–Kier alpha value is -3.07. The molecule has 4 aromatic heterocycles. The standard InChI is InChI=1S/C21H13ClN2O4S2/c1-10-5-6-13(28-10)18(25)15-17(11-7-8-29-9-11)24(20(27)19(15)26)21-23-16-12(22)3-2-4-14(16)30-21/h2-9,26-27H,1H3. The van der Waals surface area contributed by atoms with Crippen molar-refractivity contribution < 1.29 is 19.4 Å². The van der Waals surface area contributed by atoms with Crippen molar-refractivity contribution in [1.82, 2.24) is 9.55 Å². The smallest absolute Gasteiger partial charge is 0.242 e. The number of halogens is 1. The summed E-state index contributed by atoms with van der Waals surface area (Å²) in [5.41, 5.74) is 1.52. The number of para-hydroxylation sites is 1. The number of nitrogens with zero attached hydrogens (tertiary/aromatic N) is 2. The highest BCUT2D eigenvalue weighted by molar-refractivity contribution is 7.21. The topological polar surface area (TPSA) is 88.5 Å². The lowest BCUT2D eigenvalue weighted by molar-refractivity contribution is 0.101. The third-order valence-corrected chi connectivity index (χ3v) is 6.65. The van der Waals surface area contributed by atoms with E-state index < -0.39 is 17.4 Å². The van der Waals surface area contributed by atoms with Crippen LogP contribution >= 0.6 is 34.3 Å². The van der Waals surface area contributed by atoms with E-state index in [1.54, 1.807) is 31.2 Å². The van der Waals surface area contributed by atoms with Crippen molar-refractivity contribution in [2.75, 3.05) is 0 Å². The van der Waals surface area contributed by atoms with Crippen molar-refractivity contribution in [3.63, 3.8) is 0 Å². The van der Waals surface area contributed by atoms with Gasteiger partial charge in [0.25, 0.3) is 0 Å². The Morgan fingerprint density at radius 1 is 1.20 bits per heavy atom. The number of ketones is 1. The van der Waals surface area contributed by atoms with Crippen LogP contribution in [0.4, 0.5) is 0 Å². The number of aromatic hydroxyl groups is 2. The van der Waals surface area contributed by atoms with E-state index in [4.69, 9.17) is 16.0 Å². The molecular formula is C21H13ClN2O4S2. The van der Waals surface area contributed by atoms with E-state index in [2.05, 4.69) is 4.98 Å². The lowest BCUT2D eigenvalue weighted by Gasteiger charge is -2.07. The summed E-state index contributed by atoms with van der Waals surface area (Å²) in [6.07, 6.45) is 0. The third-order valence-electron chi connectivity index (χ3n) is 4.66. The van der Waals surface area contributed by atoms with Crippen molar-refractivity contribution >= 4 is 50.3 Å². The Morgan fingerprint density at radius 2 is 2.03 bits per heavy atom. The summed E-state index contributed by atoms with van der Waals surface area (Å²) < 4.78 is 7.66. The number of carbonyl (C=O) groups is 1. The average Bonchev–Trinajstić information content (AvgIpc) is 3.49. The van der Waals surface area contributed by atoms with Gasteiger partial charge in [0.1, 0.15) is 11.3 Å². The van der Waals surface area contributed by atoms with Crippen LogP contribution < -0.4 is 0 Å². The zero-order chi connectivity index (χ0) is 21.0. The number of furan rings is 1. The molecule has 6 nitrogen and oxygen atoms in total. The van der Waals surface area contributed by atoms with Crippen LogP contribution in [-0.2, 0) is 0 Å². The predicted octanol–water partition coefficient (Wildman–Crippen LogP) is 6.01. The maximum atomic E-state index is 13.2. The van der Waals surface area contributed by atoms with Crippen molar-refractivity contribution in [2.24, 2.45) is 0 Å². The second-order valence-electron chi connectivity index (χ2n) is 6.57. The van der Waals surface area contributed by atoms with Gasteiger partial charge < -0.3 is 14.6 Å². The molecule has 2 N–H and O–H groups in total. The molecule has 0 aliphatic rings. The molecule has 0 spiro atoms. The van der Waals surface area contributed by atoms with Crippen molar-refractivity contribution in [3.05, 3.63) is 69.3 Å². The van der Waals surface area contributed by atoms with E-state index in [1.165, 1.54) is 27.2 Å². The maximum Gasteiger partial charge on any atom is 0.242 e. The van der Waals surface area contributed by atoms with E-state index in [-0.39, 0.29) is 11.3 Å². The van der Waals surface area contributed by atoms with Crippen LogP contribution in [0, 0.1) is 6.92 Å². The first-order valence-corrected chi connectivity index (χ1v) is 10.9. The Labute approximate surface area is 183 Å². The zero-order valence-electron chi connectivity index (χ0n) is 15.4. The molecule has 0 aliphatic heterocycles. The second-order valence-corrected chi connectivity index (χ2v) is 8.76. The molecule has 0 bridgehead atoms. The molecule has 1 aromatic carbocycles. The van der Waals surface area contributed by atoms with Crippen molar-refractivity contribution in [1.29, 1.82) is 0 Å². The highest BCUT2D eigenvalue weighted by Gasteiger charge is 2.32. The summed E-state index contributed by atoms with van der Waals surface area (Å²) >= 11 is 8.99. The Kier molecular flexibility index (Phi) is 4.43. The van der Waals surface area contributed by atoms with Crippen LogP contribution in [0.25, 0.3) is 26.6 Å². The van der Waals surface area contributed by atoms with E-state index in [0.29, 0.717) is 32.7 Å². The highest BCUT2D eigenvalue weighted by Crippen LogP contribution is 2.46. The second kappa shape index (κ2) is 7.02. The van der Waals surface area contributed by atoms with Crippen molar-refractivity contribution in [3.8, 4) is 28.0 Å². The zero-order valence-corrected chi connectivity index (χ0v) is 17.8. The van der Waals surface area contributed by atoms with Gasteiger partial charge in [-0.2, -0.15) is 11.3 Å². The summed E-state index contributed by atoms with van der Waals surface area (Å²) in [5.74, 6) is -0.892. The molecule has 0 radical (unpaired) electrons. The van der Waals surface area contributed by atoms with Gasteiger partial charge in [-0.25, -0.2) is 4.98 Å². The summed E-state index contributed by atoms with van der Waals surface area (Å²) in [6, 6.07) is 10.4. The van der Waals surface area contributed by atoms with Gasteiger partial charge in [-0.3, -0.25) is 9.36 Å². The fraction of sp³-hybridized carbons (Fsp3) is 0.0476. The molecule has 9 heteroatoms. The number of thiazole rings is 1. The number of hydrogen-bond acceptors (Lipinski definition) is 7. The number of carbonyl (C=O) groups excluding carboxylic acids is 1. The number of fused-ring (bicyclic) bond motifs is 1. The van der Waals surface area contributed by atoms with Gasteiger partial charge in [-0.05, 0) is 42.6 Å². The molecule has 0 fully saturated rings. The van der Waals surface area contributed by atoms with E-state index in [0.717, 1.165) is 4.70 Å². The molecular weight excluding hydrogens is 444 g/mol. The molecule has 5 aromatic rings. The van der Waals surface area contributed by atoms with Crippen molar-refractivity contribution in [2.45, 2.75) is 6.92 Å². The molecule has 30 heavy (non-hydrogen) atoms.